The first-order valence-corrected chi connectivity index (χ1v) is 12.6. The summed E-state index contributed by atoms with van der Waals surface area (Å²) in [6.45, 7) is 10.1. The molecule has 1 aliphatic carbocycles. The molecule has 0 spiro atoms. The van der Waals surface area contributed by atoms with Crippen molar-refractivity contribution in [3.05, 3.63) is 70.5 Å². The van der Waals surface area contributed by atoms with Crippen molar-refractivity contribution in [2.75, 3.05) is 19.6 Å². The second kappa shape index (κ2) is 10.9. The van der Waals surface area contributed by atoms with Gasteiger partial charge in [0.2, 0.25) is 0 Å². The average molecular weight is 474 g/mol. The number of fused-ring (bicyclic) bond motifs is 4. The molecule has 0 unspecified atom stereocenters. The van der Waals surface area contributed by atoms with Gasteiger partial charge in [0.1, 0.15) is 5.56 Å². The maximum absolute atomic E-state index is 12.0. The number of hydrogen-bond donors (Lipinski definition) is 3. The predicted octanol–water partition coefficient (Wildman–Crippen LogP) is 5.94. The number of carboxylic acids is 1. The van der Waals surface area contributed by atoms with Gasteiger partial charge in [0, 0.05) is 28.9 Å². The Morgan fingerprint density at radius 3 is 2.40 bits per heavy atom. The van der Waals surface area contributed by atoms with Crippen LogP contribution in [0.5, 0.6) is 5.75 Å². The number of carbonyl (C=O) groups is 1. The van der Waals surface area contributed by atoms with Gasteiger partial charge < -0.3 is 20.1 Å². The van der Waals surface area contributed by atoms with Gasteiger partial charge in [-0.3, -0.25) is 0 Å². The zero-order valence-corrected chi connectivity index (χ0v) is 20.9. The van der Waals surface area contributed by atoms with Crippen LogP contribution in [0.15, 0.2) is 42.6 Å². The highest BCUT2D eigenvalue weighted by Gasteiger charge is 2.24. The first-order valence-electron chi connectivity index (χ1n) is 12.6. The van der Waals surface area contributed by atoms with Crippen LogP contribution in [0.1, 0.15) is 66.4 Å². The fraction of sp³-hybridized carbons (Fsp3) is 0.379. The lowest BCUT2D eigenvalue weighted by Gasteiger charge is -2.19. The quantitative estimate of drug-likeness (QED) is 0.323. The van der Waals surface area contributed by atoms with E-state index in [4.69, 9.17) is 4.98 Å². The van der Waals surface area contributed by atoms with Gasteiger partial charge in [-0.05, 0) is 68.1 Å². The normalized spacial score (nSPS) is 13.0. The van der Waals surface area contributed by atoms with Gasteiger partial charge in [0.15, 0.2) is 5.75 Å². The molecular weight excluding hydrogens is 438 g/mol. The SMILES string of the molecule is CCN(CC)CC.O=C(O)c1c(O)c(Cc2c[nH]c3ccccc23)nc2c3c(ccc12)CCCC3. The predicted molar refractivity (Wildman–Crippen MR) is 142 cm³/mol. The number of aromatic amines is 1. The van der Waals surface area contributed by atoms with Crippen molar-refractivity contribution in [1.82, 2.24) is 14.9 Å². The van der Waals surface area contributed by atoms with E-state index in [1.807, 2.05) is 36.5 Å². The summed E-state index contributed by atoms with van der Waals surface area (Å²) in [6.07, 6.45) is 6.39. The Bertz CT molecular complexity index is 1330. The van der Waals surface area contributed by atoms with Gasteiger partial charge >= 0.3 is 5.97 Å². The number of para-hydroxylation sites is 1. The Balaban J connectivity index is 0.000000364. The first-order chi connectivity index (χ1) is 17.0. The van der Waals surface area contributed by atoms with Crippen LogP contribution >= 0.6 is 0 Å². The number of nitrogens with zero attached hydrogens (tertiary/aromatic N) is 2. The number of rotatable bonds is 6. The summed E-state index contributed by atoms with van der Waals surface area (Å²) in [4.78, 5) is 22.4. The van der Waals surface area contributed by atoms with Crippen LogP contribution in [0.4, 0.5) is 0 Å². The van der Waals surface area contributed by atoms with Crippen molar-refractivity contribution in [3.8, 4) is 5.75 Å². The van der Waals surface area contributed by atoms with Crippen molar-refractivity contribution in [1.29, 1.82) is 0 Å². The standard InChI is InChI=1S/C23H20N2O3.C6H15N/c26-22-19(11-14-12-24-18-8-4-3-6-15(14)18)25-21-16-7-2-1-5-13(16)9-10-17(21)20(22)23(27)28;1-4-7(5-2)6-3/h3-4,6,8-10,12,24,26H,1-2,5,7,11H2,(H,27,28);4-6H2,1-3H3. The largest absolute Gasteiger partial charge is 0.505 e. The summed E-state index contributed by atoms with van der Waals surface area (Å²) < 4.78 is 0. The van der Waals surface area contributed by atoms with Crippen LogP contribution in [0.3, 0.4) is 0 Å². The molecule has 6 heteroatoms. The summed E-state index contributed by atoms with van der Waals surface area (Å²) in [7, 11) is 0. The number of aromatic carboxylic acids is 1. The Morgan fingerprint density at radius 1 is 1.00 bits per heavy atom. The van der Waals surface area contributed by atoms with Gasteiger partial charge in [-0.1, -0.05) is 51.1 Å². The molecule has 2 heterocycles. The highest BCUT2D eigenvalue weighted by molar-refractivity contribution is 6.06. The zero-order valence-electron chi connectivity index (χ0n) is 20.9. The summed E-state index contributed by atoms with van der Waals surface area (Å²) in [6, 6.07) is 11.7. The molecule has 1 aliphatic rings. The molecule has 2 aromatic heterocycles. The van der Waals surface area contributed by atoms with Gasteiger partial charge in [-0.2, -0.15) is 0 Å². The summed E-state index contributed by atoms with van der Waals surface area (Å²) in [5.74, 6) is -1.36. The molecule has 0 aliphatic heterocycles. The Labute approximate surface area is 206 Å². The summed E-state index contributed by atoms with van der Waals surface area (Å²) >= 11 is 0. The van der Waals surface area contributed by atoms with Crippen LogP contribution in [0.25, 0.3) is 21.8 Å². The lowest BCUT2D eigenvalue weighted by Crippen LogP contribution is -2.21. The van der Waals surface area contributed by atoms with Crippen molar-refractivity contribution >= 4 is 27.8 Å². The summed E-state index contributed by atoms with van der Waals surface area (Å²) in [5, 5.41) is 22.1. The van der Waals surface area contributed by atoms with E-state index in [9.17, 15) is 15.0 Å². The van der Waals surface area contributed by atoms with Gasteiger partial charge in [0.05, 0.1) is 11.2 Å². The van der Waals surface area contributed by atoms with Crippen LogP contribution in [-0.4, -0.2) is 50.7 Å². The molecule has 0 atom stereocenters. The molecule has 35 heavy (non-hydrogen) atoms. The minimum atomic E-state index is -1.12. The van der Waals surface area contributed by atoms with E-state index in [2.05, 4.69) is 30.7 Å². The maximum Gasteiger partial charge on any atom is 0.340 e. The van der Waals surface area contributed by atoms with E-state index in [1.165, 1.54) is 25.2 Å². The van der Waals surface area contributed by atoms with E-state index < -0.39 is 5.97 Å². The second-order valence-electron chi connectivity index (χ2n) is 9.05. The molecule has 0 saturated heterocycles. The van der Waals surface area contributed by atoms with E-state index in [0.29, 0.717) is 17.5 Å². The zero-order chi connectivity index (χ0) is 24.9. The smallest absolute Gasteiger partial charge is 0.340 e. The number of benzene rings is 2. The highest BCUT2D eigenvalue weighted by atomic mass is 16.4. The molecule has 0 saturated carbocycles. The van der Waals surface area contributed by atoms with Crippen LogP contribution in [0.2, 0.25) is 0 Å². The molecule has 4 aromatic rings. The first kappa shape index (κ1) is 24.7. The molecule has 5 rings (SSSR count). The Morgan fingerprint density at radius 2 is 1.71 bits per heavy atom. The van der Waals surface area contributed by atoms with Gasteiger partial charge in [-0.15, -0.1) is 0 Å². The third-order valence-corrected chi connectivity index (χ3v) is 7.12. The third-order valence-electron chi connectivity index (χ3n) is 7.12. The highest BCUT2D eigenvalue weighted by Crippen LogP contribution is 2.36. The molecule has 0 amide bonds. The van der Waals surface area contributed by atoms with Gasteiger partial charge in [0.25, 0.3) is 0 Å². The van der Waals surface area contributed by atoms with Crippen molar-refractivity contribution < 1.29 is 15.0 Å². The van der Waals surface area contributed by atoms with Gasteiger partial charge in [-0.25, -0.2) is 9.78 Å². The maximum atomic E-state index is 12.0. The van der Waals surface area contributed by atoms with E-state index in [0.717, 1.165) is 53.2 Å². The number of H-pyrrole nitrogens is 1. The number of nitrogens with one attached hydrogen (secondary N) is 1. The number of aryl methyl sites for hydroxylation is 2. The van der Waals surface area contributed by atoms with Crippen LogP contribution in [0, 0.1) is 0 Å². The fourth-order valence-corrected chi connectivity index (χ4v) is 5.07. The minimum Gasteiger partial charge on any atom is -0.505 e. The Hall–Kier alpha value is -3.38. The molecule has 6 nitrogen and oxygen atoms in total. The monoisotopic (exact) mass is 473 g/mol. The fourth-order valence-electron chi connectivity index (χ4n) is 5.07. The topological polar surface area (TPSA) is 89.5 Å². The number of aromatic nitrogens is 2. The molecule has 3 N–H and O–H groups in total. The van der Waals surface area contributed by atoms with Crippen LogP contribution < -0.4 is 0 Å². The average Bonchev–Trinajstić information content (AvgIpc) is 3.28. The third kappa shape index (κ3) is 5.03. The van der Waals surface area contributed by atoms with Crippen molar-refractivity contribution in [2.45, 2.75) is 52.9 Å². The minimum absolute atomic E-state index is 0.0479. The second-order valence-corrected chi connectivity index (χ2v) is 9.05. The van der Waals surface area contributed by atoms with Crippen LogP contribution in [-0.2, 0) is 19.3 Å². The number of pyridine rings is 1. The molecule has 184 valence electrons. The number of carboxylic acid groups (broad SMARTS) is 1. The number of hydrogen-bond acceptors (Lipinski definition) is 4. The Kier molecular flexibility index (Phi) is 7.71. The van der Waals surface area contributed by atoms with Crippen molar-refractivity contribution in [3.63, 3.8) is 0 Å². The van der Waals surface area contributed by atoms with E-state index >= 15 is 0 Å². The van der Waals surface area contributed by atoms with Crippen molar-refractivity contribution in [2.24, 2.45) is 0 Å². The lowest BCUT2D eigenvalue weighted by molar-refractivity contribution is 0.0695. The van der Waals surface area contributed by atoms with E-state index in [-0.39, 0.29) is 11.3 Å². The molecule has 2 aromatic carbocycles. The van der Waals surface area contributed by atoms with E-state index in [1.54, 1.807) is 6.07 Å². The summed E-state index contributed by atoms with van der Waals surface area (Å²) in [5.41, 5.74) is 5.45. The number of aromatic hydroxyl groups is 1. The molecule has 0 fully saturated rings. The molecular formula is C29H35N3O3. The molecule has 0 bridgehead atoms. The molecule has 0 radical (unpaired) electrons. The lowest BCUT2D eigenvalue weighted by atomic mass is 9.88.